The number of hydrogen-bond acceptors (Lipinski definition) is 4. The SMILES string of the molecule is COCC(C)(C)Nc1cccc(Cl)c1[N+](=O)[O-]. The number of ether oxygens (including phenoxy) is 1. The number of benzene rings is 1. The average molecular weight is 259 g/mol. The van der Waals surface area contributed by atoms with Gasteiger partial charge in [-0.25, -0.2) is 0 Å². The summed E-state index contributed by atoms with van der Waals surface area (Å²) in [6.45, 7) is 4.21. The minimum absolute atomic E-state index is 0.113. The van der Waals surface area contributed by atoms with Gasteiger partial charge in [0.2, 0.25) is 0 Å². The summed E-state index contributed by atoms with van der Waals surface area (Å²) in [4.78, 5) is 10.4. The van der Waals surface area contributed by atoms with Crippen molar-refractivity contribution in [1.82, 2.24) is 0 Å². The van der Waals surface area contributed by atoms with Gasteiger partial charge in [0.05, 0.1) is 17.1 Å². The molecule has 1 N–H and O–H groups in total. The lowest BCUT2D eigenvalue weighted by molar-refractivity contribution is -0.383. The van der Waals surface area contributed by atoms with Gasteiger partial charge in [-0.15, -0.1) is 0 Å². The molecule has 0 aliphatic carbocycles. The molecule has 1 aromatic carbocycles. The summed E-state index contributed by atoms with van der Waals surface area (Å²) >= 11 is 5.82. The lowest BCUT2D eigenvalue weighted by atomic mass is 10.1. The molecule has 0 saturated heterocycles. The highest BCUT2D eigenvalue weighted by molar-refractivity contribution is 6.33. The van der Waals surface area contributed by atoms with Crippen LogP contribution in [-0.2, 0) is 4.74 Å². The number of hydrogen-bond donors (Lipinski definition) is 1. The first-order valence-corrected chi connectivity index (χ1v) is 5.45. The molecule has 0 aliphatic heterocycles. The standard InChI is InChI=1S/C11H15ClN2O3/c1-11(2,7-17-3)13-9-6-4-5-8(12)10(9)14(15)16/h4-6,13H,7H2,1-3H3. The van der Waals surface area contributed by atoms with E-state index in [9.17, 15) is 10.1 Å². The molecule has 0 aliphatic rings. The Morgan fingerprint density at radius 3 is 2.71 bits per heavy atom. The van der Waals surface area contributed by atoms with E-state index in [0.717, 1.165) is 0 Å². The van der Waals surface area contributed by atoms with Crippen molar-refractivity contribution in [2.24, 2.45) is 0 Å². The third kappa shape index (κ3) is 3.57. The van der Waals surface area contributed by atoms with Crippen LogP contribution in [0, 0.1) is 10.1 Å². The predicted octanol–water partition coefficient (Wildman–Crippen LogP) is 3.09. The average Bonchev–Trinajstić information content (AvgIpc) is 2.15. The fourth-order valence-electron chi connectivity index (χ4n) is 1.56. The lowest BCUT2D eigenvalue weighted by Gasteiger charge is -2.26. The normalized spacial score (nSPS) is 11.3. The fourth-order valence-corrected chi connectivity index (χ4v) is 1.81. The molecule has 0 amide bonds. The Bertz CT molecular complexity index is 421. The third-order valence-electron chi connectivity index (χ3n) is 2.15. The minimum atomic E-state index is -0.493. The van der Waals surface area contributed by atoms with Gasteiger partial charge >= 0.3 is 5.69 Å². The quantitative estimate of drug-likeness (QED) is 0.651. The Morgan fingerprint density at radius 2 is 2.18 bits per heavy atom. The summed E-state index contributed by atoms with van der Waals surface area (Å²) in [6.07, 6.45) is 0. The molecule has 0 bridgehead atoms. The van der Waals surface area contributed by atoms with Gasteiger partial charge in [0.15, 0.2) is 0 Å². The Balaban J connectivity index is 3.06. The lowest BCUT2D eigenvalue weighted by Crippen LogP contribution is -2.36. The number of nitro groups is 1. The summed E-state index contributed by atoms with van der Waals surface area (Å²) in [5.74, 6) is 0. The van der Waals surface area contributed by atoms with E-state index in [0.29, 0.717) is 12.3 Å². The molecule has 0 aromatic heterocycles. The molecule has 1 rings (SSSR count). The van der Waals surface area contributed by atoms with Crippen molar-refractivity contribution in [3.8, 4) is 0 Å². The molecule has 0 atom stereocenters. The van der Waals surface area contributed by atoms with Crippen LogP contribution in [0.2, 0.25) is 5.02 Å². The maximum absolute atomic E-state index is 10.9. The van der Waals surface area contributed by atoms with E-state index in [4.69, 9.17) is 16.3 Å². The molecule has 5 nitrogen and oxygen atoms in total. The van der Waals surface area contributed by atoms with E-state index >= 15 is 0 Å². The van der Waals surface area contributed by atoms with Crippen LogP contribution in [0.15, 0.2) is 18.2 Å². The van der Waals surface area contributed by atoms with E-state index < -0.39 is 10.5 Å². The van der Waals surface area contributed by atoms with Crippen LogP contribution < -0.4 is 5.32 Å². The van der Waals surface area contributed by atoms with Gasteiger partial charge in [-0.2, -0.15) is 0 Å². The molecule has 0 radical (unpaired) electrons. The van der Waals surface area contributed by atoms with E-state index in [1.807, 2.05) is 13.8 Å². The molecular formula is C11H15ClN2O3. The summed E-state index contributed by atoms with van der Waals surface area (Å²) in [5.41, 5.74) is -0.132. The first-order valence-electron chi connectivity index (χ1n) is 5.07. The zero-order valence-corrected chi connectivity index (χ0v) is 10.7. The van der Waals surface area contributed by atoms with Gasteiger partial charge in [0.25, 0.3) is 0 Å². The second-order valence-electron chi connectivity index (χ2n) is 4.34. The number of rotatable bonds is 5. The number of nitro benzene ring substituents is 1. The zero-order chi connectivity index (χ0) is 13.1. The first-order chi connectivity index (χ1) is 7.87. The second-order valence-corrected chi connectivity index (χ2v) is 4.74. The molecule has 0 fully saturated rings. The number of methoxy groups -OCH3 is 1. The minimum Gasteiger partial charge on any atom is -0.382 e. The van der Waals surface area contributed by atoms with Crippen molar-refractivity contribution in [1.29, 1.82) is 0 Å². The highest BCUT2D eigenvalue weighted by Gasteiger charge is 2.24. The molecule has 0 saturated carbocycles. The first kappa shape index (κ1) is 13.7. The van der Waals surface area contributed by atoms with Gasteiger partial charge in [-0.1, -0.05) is 17.7 Å². The maximum atomic E-state index is 10.9. The summed E-state index contributed by atoms with van der Waals surface area (Å²) in [5, 5.41) is 14.1. The molecule has 6 heteroatoms. The van der Waals surface area contributed by atoms with E-state index in [2.05, 4.69) is 5.32 Å². The molecule has 1 aromatic rings. The number of nitrogens with one attached hydrogen (secondary N) is 1. The van der Waals surface area contributed by atoms with E-state index in [-0.39, 0.29) is 10.7 Å². The van der Waals surface area contributed by atoms with E-state index in [1.54, 1.807) is 19.2 Å². The van der Waals surface area contributed by atoms with Crippen LogP contribution in [0.4, 0.5) is 11.4 Å². The highest BCUT2D eigenvalue weighted by Crippen LogP contribution is 2.33. The molecule has 0 spiro atoms. The Morgan fingerprint density at radius 1 is 1.53 bits per heavy atom. The van der Waals surface area contributed by atoms with Crippen LogP contribution in [0.5, 0.6) is 0 Å². The summed E-state index contributed by atoms with van der Waals surface area (Å²) < 4.78 is 5.04. The molecule has 94 valence electrons. The van der Waals surface area contributed by atoms with Gasteiger partial charge in [0, 0.05) is 7.11 Å². The molecule has 0 heterocycles. The van der Waals surface area contributed by atoms with Crippen LogP contribution in [0.3, 0.4) is 0 Å². The molecule has 17 heavy (non-hydrogen) atoms. The Kier molecular flexibility index (Phi) is 4.31. The van der Waals surface area contributed by atoms with Crippen LogP contribution in [0.25, 0.3) is 0 Å². The van der Waals surface area contributed by atoms with Crippen molar-refractivity contribution in [2.45, 2.75) is 19.4 Å². The Labute approximate surface area is 105 Å². The maximum Gasteiger partial charge on any atom is 0.310 e. The monoisotopic (exact) mass is 258 g/mol. The summed E-state index contributed by atoms with van der Waals surface area (Å²) in [7, 11) is 1.58. The molecular weight excluding hydrogens is 244 g/mol. The van der Waals surface area contributed by atoms with Crippen molar-refractivity contribution < 1.29 is 9.66 Å². The van der Waals surface area contributed by atoms with Gasteiger partial charge < -0.3 is 10.1 Å². The van der Waals surface area contributed by atoms with Gasteiger partial charge in [-0.3, -0.25) is 10.1 Å². The number of para-hydroxylation sites is 1. The van der Waals surface area contributed by atoms with Crippen molar-refractivity contribution >= 4 is 23.0 Å². The number of anilines is 1. The number of nitrogens with zero attached hydrogens (tertiary/aromatic N) is 1. The smallest absolute Gasteiger partial charge is 0.310 e. The third-order valence-corrected chi connectivity index (χ3v) is 2.45. The highest BCUT2D eigenvalue weighted by atomic mass is 35.5. The van der Waals surface area contributed by atoms with Crippen molar-refractivity contribution in [2.75, 3.05) is 19.0 Å². The van der Waals surface area contributed by atoms with Crippen LogP contribution in [-0.4, -0.2) is 24.2 Å². The topological polar surface area (TPSA) is 64.4 Å². The van der Waals surface area contributed by atoms with Crippen molar-refractivity contribution in [3.63, 3.8) is 0 Å². The van der Waals surface area contributed by atoms with Crippen LogP contribution >= 0.6 is 11.6 Å². The Hall–Kier alpha value is -1.33. The van der Waals surface area contributed by atoms with Gasteiger partial charge in [0.1, 0.15) is 10.7 Å². The predicted molar refractivity (Wildman–Crippen MR) is 67.7 cm³/mol. The number of halogens is 1. The van der Waals surface area contributed by atoms with Crippen LogP contribution in [0.1, 0.15) is 13.8 Å². The molecule has 0 unspecified atom stereocenters. The largest absolute Gasteiger partial charge is 0.382 e. The fraction of sp³-hybridized carbons (Fsp3) is 0.455. The van der Waals surface area contributed by atoms with Crippen molar-refractivity contribution in [3.05, 3.63) is 33.3 Å². The second kappa shape index (κ2) is 5.33. The van der Waals surface area contributed by atoms with Gasteiger partial charge in [-0.05, 0) is 26.0 Å². The summed E-state index contributed by atoms with van der Waals surface area (Å²) in [6, 6.07) is 4.79. The van der Waals surface area contributed by atoms with E-state index in [1.165, 1.54) is 6.07 Å². The zero-order valence-electron chi connectivity index (χ0n) is 9.99.